The van der Waals surface area contributed by atoms with Crippen molar-refractivity contribution in [3.05, 3.63) is 104 Å². The number of piperidine rings is 1. The van der Waals surface area contributed by atoms with E-state index < -0.39 is 0 Å². The Labute approximate surface area is 197 Å². The number of benzene rings is 3. The highest BCUT2D eigenvalue weighted by Gasteiger charge is 2.37. The largest absolute Gasteiger partial charge is 0.305 e. The van der Waals surface area contributed by atoms with Crippen molar-refractivity contribution in [3.8, 4) is 0 Å². The summed E-state index contributed by atoms with van der Waals surface area (Å²) < 4.78 is 0. The van der Waals surface area contributed by atoms with Gasteiger partial charge in [-0.05, 0) is 66.8 Å². The van der Waals surface area contributed by atoms with Crippen LogP contribution in [0.25, 0.3) is 4.85 Å². The molecule has 6 heteroatoms. The van der Waals surface area contributed by atoms with E-state index in [1.807, 2.05) is 35.2 Å². The number of anilines is 1. The standard InChI is InChI=1S/C25H19Cl3N2O/c1-29-20-8-2-16(3-9-20)14-17-4-13-24(22-12-7-19(27)15-23(22)28)30(25(17)31)21-10-5-18(26)6-11-21/h2-3,5-12,15,17,24H,4,13-14H2/t17-,24?/m1/s1. The number of amides is 1. The van der Waals surface area contributed by atoms with E-state index >= 15 is 0 Å². The molecule has 0 bridgehead atoms. The number of carbonyl (C=O) groups is 1. The Morgan fingerprint density at radius 2 is 1.58 bits per heavy atom. The first-order valence-corrected chi connectivity index (χ1v) is 11.1. The van der Waals surface area contributed by atoms with Crippen molar-refractivity contribution < 1.29 is 4.79 Å². The lowest BCUT2D eigenvalue weighted by atomic mass is 9.84. The van der Waals surface area contributed by atoms with Crippen LogP contribution in [0, 0.1) is 12.5 Å². The van der Waals surface area contributed by atoms with E-state index in [-0.39, 0.29) is 17.9 Å². The highest BCUT2D eigenvalue weighted by molar-refractivity contribution is 6.35. The van der Waals surface area contributed by atoms with Crippen molar-refractivity contribution in [2.24, 2.45) is 5.92 Å². The van der Waals surface area contributed by atoms with Crippen molar-refractivity contribution in [3.63, 3.8) is 0 Å². The van der Waals surface area contributed by atoms with Gasteiger partial charge in [0.05, 0.1) is 12.6 Å². The molecule has 2 atom stereocenters. The zero-order chi connectivity index (χ0) is 22.0. The summed E-state index contributed by atoms with van der Waals surface area (Å²) in [5.74, 6) is -0.101. The highest BCUT2D eigenvalue weighted by atomic mass is 35.5. The minimum absolute atomic E-state index is 0.0545. The number of rotatable bonds is 4. The van der Waals surface area contributed by atoms with Gasteiger partial charge in [0.2, 0.25) is 5.91 Å². The molecule has 3 aromatic rings. The predicted octanol–water partition coefficient (Wildman–Crippen LogP) is 7.92. The fraction of sp³-hybridized carbons (Fsp3) is 0.200. The summed E-state index contributed by atoms with van der Waals surface area (Å²) in [6.07, 6.45) is 2.15. The fourth-order valence-electron chi connectivity index (χ4n) is 4.12. The van der Waals surface area contributed by atoms with Crippen LogP contribution in [0.1, 0.15) is 30.0 Å². The molecule has 3 aromatic carbocycles. The molecule has 1 fully saturated rings. The smallest absolute Gasteiger partial charge is 0.231 e. The molecule has 0 aliphatic carbocycles. The van der Waals surface area contributed by atoms with Crippen LogP contribution in [-0.2, 0) is 11.2 Å². The topological polar surface area (TPSA) is 24.7 Å². The summed E-state index contributed by atoms with van der Waals surface area (Å²) in [7, 11) is 0. The third-order valence-corrected chi connectivity index (χ3v) is 6.48. The molecule has 156 valence electrons. The number of carbonyl (C=O) groups excluding carboxylic acids is 1. The van der Waals surface area contributed by atoms with Gasteiger partial charge in [-0.3, -0.25) is 4.79 Å². The number of hydrogen-bond acceptors (Lipinski definition) is 1. The molecular weight excluding hydrogens is 451 g/mol. The molecule has 1 unspecified atom stereocenters. The predicted molar refractivity (Wildman–Crippen MR) is 127 cm³/mol. The van der Waals surface area contributed by atoms with Gasteiger partial charge in [0.1, 0.15) is 0 Å². The zero-order valence-corrected chi connectivity index (χ0v) is 18.8. The minimum atomic E-state index is -0.181. The number of hydrogen-bond donors (Lipinski definition) is 0. The van der Waals surface area contributed by atoms with E-state index in [4.69, 9.17) is 41.4 Å². The van der Waals surface area contributed by atoms with Crippen molar-refractivity contribution in [1.82, 2.24) is 0 Å². The molecule has 4 rings (SSSR count). The van der Waals surface area contributed by atoms with Crippen molar-refractivity contribution in [1.29, 1.82) is 0 Å². The number of nitrogens with zero attached hydrogens (tertiary/aromatic N) is 2. The third-order valence-electron chi connectivity index (χ3n) is 5.66. The van der Waals surface area contributed by atoms with Gasteiger partial charge in [0.25, 0.3) is 0 Å². The maximum Gasteiger partial charge on any atom is 0.231 e. The monoisotopic (exact) mass is 468 g/mol. The quantitative estimate of drug-likeness (QED) is 0.356. The summed E-state index contributed by atoms with van der Waals surface area (Å²) in [6.45, 7) is 7.11. The SMILES string of the molecule is [C-]#[N+]c1ccc(C[C@H]2CCC(c3ccc(Cl)cc3Cl)N(c3ccc(Cl)cc3)C2=O)cc1. The highest BCUT2D eigenvalue weighted by Crippen LogP contribution is 2.42. The Morgan fingerprint density at radius 3 is 2.23 bits per heavy atom. The summed E-state index contributed by atoms with van der Waals surface area (Å²) in [6, 6.07) is 20.0. The van der Waals surface area contributed by atoms with Gasteiger partial charge in [-0.2, -0.15) is 0 Å². The first-order chi connectivity index (χ1) is 15.0. The van der Waals surface area contributed by atoms with Gasteiger partial charge in [-0.1, -0.05) is 65.1 Å². The number of halogens is 3. The van der Waals surface area contributed by atoms with Crippen LogP contribution in [0.2, 0.25) is 15.1 Å². The molecule has 31 heavy (non-hydrogen) atoms. The molecular formula is C25H19Cl3N2O. The summed E-state index contributed by atoms with van der Waals surface area (Å²) in [5, 5.41) is 1.73. The molecule has 1 aliphatic rings. The Kier molecular flexibility index (Phi) is 6.53. The van der Waals surface area contributed by atoms with Gasteiger partial charge in [-0.25, -0.2) is 4.85 Å². The van der Waals surface area contributed by atoms with Crippen LogP contribution in [0.3, 0.4) is 0 Å². The maximum atomic E-state index is 13.7. The molecule has 0 N–H and O–H groups in total. The Hall–Kier alpha value is -2.51. The van der Waals surface area contributed by atoms with Gasteiger partial charge >= 0.3 is 0 Å². The molecule has 1 heterocycles. The van der Waals surface area contributed by atoms with Crippen LogP contribution >= 0.6 is 34.8 Å². The third kappa shape index (κ3) is 4.72. The lowest BCUT2D eigenvalue weighted by Crippen LogP contribution is -2.44. The van der Waals surface area contributed by atoms with Gasteiger partial charge in [0.15, 0.2) is 5.69 Å². The lowest BCUT2D eigenvalue weighted by molar-refractivity contribution is -0.124. The molecule has 1 amide bonds. The summed E-state index contributed by atoms with van der Waals surface area (Å²) >= 11 is 18.7. The minimum Gasteiger partial charge on any atom is -0.305 e. The molecule has 1 saturated heterocycles. The van der Waals surface area contributed by atoms with E-state index in [1.165, 1.54) is 0 Å². The second kappa shape index (κ2) is 9.32. The van der Waals surface area contributed by atoms with Crippen molar-refractivity contribution >= 4 is 52.1 Å². The Bertz CT molecular complexity index is 1140. The second-order valence-corrected chi connectivity index (χ2v) is 8.90. The van der Waals surface area contributed by atoms with Gasteiger partial charge < -0.3 is 4.90 Å². The summed E-state index contributed by atoms with van der Waals surface area (Å²) in [4.78, 5) is 18.9. The van der Waals surface area contributed by atoms with E-state index in [0.717, 1.165) is 29.7 Å². The van der Waals surface area contributed by atoms with E-state index in [9.17, 15) is 4.79 Å². The Morgan fingerprint density at radius 1 is 0.903 bits per heavy atom. The molecule has 0 radical (unpaired) electrons. The molecule has 0 spiro atoms. The maximum absolute atomic E-state index is 13.7. The summed E-state index contributed by atoms with van der Waals surface area (Å²) in [5.41, 5.74) is 3.32. The van der Waals surface area contributed by atoms with Crippen LogP contribution in [-0.4, -0.2) is 5.91 Å². The molecule has 0 saturated carbocycles. The van der Waals surface area contributed by atoms with E-state index in [1.54, 1.807) is 36.4 Å². The first-order valence-electron chi connectivity index (χ1n) is 9.96. The van der Waals surface area contributed by atoms with Crippen molar-refractivity contribution in [2.75, 3.05) is 4.90 Å². The van der Waals surface area contributed by atoms with Crippen LogP contribution in [0.4, 0.5) is 11.4 Å². The lowest BCUT2D eigenvalue weighted by Gasteiger charge is -2.40. The first kappa shape index (κ1) is 21.7. The second-order valence-electron chi connectivity index (χ2n) is 7.62. The van der Waals surface area contributed by atoms with Crippen molar-refractivity contribution in [2.45, 2.75) is 25.3 Å². The average Bonchev–Trinajstić information content (AvgIpc) is 2.77. The molecule has 3 nitrogen and oxygen atoms in total. The molecule has 0 aromatic heterocycles. The fourth-order valence-corrected chi connectivity index (χ4v) is 4.78. The van der Waals surface area contributed by atoms with E-state index in [2.05, 4.69) is 4.85 Å². The van der Waals surface area contributed by atoms with Gasteiger partial charge in [-0.15, -0.1) is 0 Å². The average molecular weight is 470 g/mol. The Balaban J connectivity index is 1.67. The zero-order valence-electron chi connectivity index (χ0n) is 16.6. The normalized spacial score (nSPS) is 18.6. The van der Waals surface area contributed by atoms with Crippen LogP contribution < -0.4 is 4.90 Å². The van der Waals surface area contributed by atoms with E-state index in [0.29, 0.717) is 27.2 Å². The van der Waals surface area contributed by atoms with Crippen LogP contribution in [0.15, 0.2) is 66.7 Å². The van der Waals surface area contributed by atoms with Gasteiger partial charge in [0, 0.05) is 26.7 Å². The van der Waals surface area contributed by atoms with Crippen LogP contribution in [0.5, 0.6) is 0 Å². The molecule has 1 aliphatic heterocycles.